The summed E-state index contributed by atoms with van der Waals surface area (Å²) >= 11 is 1.95. The number of rotatable bonds is 7. The number of aliphatic imine (C=N–C) groups is 1. The van der Waals surface area contributed by atoms with E-state index < -0.39 is 0 Å². The van der Waals surface area contributed by atoms with Crippen molar-refractivity contribution in [3.63, 3.8) is 0 Å². The number of thioether (sulfide) groups is 1. The molecule has 1 fully saturated rings. The fourth-order valence-electron chi connectivity index (χ4n) is 3.04. The van der Waals surface area contributed by atoms with Crippen molar-refractivity contribution < 1.29 is 4.74 Å². The van der Waals surface area contributed by atoms with Gasteiger partial charge in [-0.15, -0.1) is 0 Å². The van der Waals surface area contributed by atoms with Gasteiger partial charge in [0.15, 0.2) is 5.96 Å². The molecule has 1 aliphatic rings. The molecular weight excluding hydrogens is 330 g/mol. The van der Waals surface area contributed by atoms with Crippen LogP contribution in [0.15, 0.2) is 35.3 Å². The molecule has 0 aliphatic carbocycles. The molecule has 25 heavy (non-hydrogen) atoms. The lowest BCUT2D eigenvalue weighted by atomic mass is 9.85. The lowest BCUT2D eigenvalue weighted by molar-refractivity contribution is 0.0783. The van der Waals surface area contributed by atoms with Crippen LogP contribution in [0.5, 0.6) is 0 Å². The van der Waals surface area contributed by atoms with E-state index in [1.54, 1.807) is 0 Å². The maximum Gasteiger partial charge on any atom is 0.191 e. The van der Waals surface area contributed by atoms with Crippen molar-refractivity contribution in [2.24, 2.45) is 4.99 Å². The molecule has 140 valence electrons. The molecule has 1 saturated heterocycles. The third-order valence-corrected chi connectivity index (χ3v) is 6.37. The first-order valence-electron chi connectivity index (χ1n) is 9.22. The molecule has 1 heterocycles. The molecule has 1 aliphatic heterocycles. The second-order valence-corrected chi connectivity index (χ2v) is 8.57. The minimum Gasteiger partial charge on any atom is -0.381 e. The van der Waals surface area contributed by atoms with Crippen LogP contribution in [0.3, 0.4) is 0 Å². The zero-order valence-corrected chi connectivity index (χ0v) is 16.9. The Morgan fingerprint density at radius 2 is 1.88 bits per heavy atom. The van der Waals surface area contributed by atoms with Gasteiger partial charge in [0.1, 0.15) is 0 Å². The Bertz CT molecular complexity index is 539. The highest BCUT2D eigenvalue weighted by molar-refractivity contribution is 8.00. The third-order valence-electron chi connectivity index (χ3n) is 4.95. The van der Waals surface area contributed by atoms with Gasteiger partial charge in [-0.1, -0.05) is 44.2 Å². The molecule has 0 atom stereocenters. The van der Waals surface area contributed by atoms with Crippen LogP contribution in [-0.2, 0) is 10.2 Å². The van der Waals surface area contributed by atoms with E-state index in [9.17, 15) is 0 Å². The van der Waals surface area contributed by atoms with Gasteiger partial charge in [0.2, 0.25) is 0 Å². The first-order chi connectivity index (χ1) is 12.0. The second kappa shape index (κ2) is 9.48. The second-order valence-electron chi connectivity index (χ2n) is 7.30. The normalized spacial score (nSPS) is 18.0. The molecule has 0 aromatic heterocycles. The lowest BCUT2D eigenvalue weighted by Gasteiger charge is -2.36. The van der Waals surface area contributed by atoms with E-state index in [1.165, 1.54) is 5.56 Å². The summed E-state index contributed by atoms with van der Waals surface area (Å²) < 4.78 is 5.79. The van der Waals surface area contributed by atoms with E-state index in [4.69, 9.17) is 9.73 Å². The van der Waals surface area contributed by atoms with E-state index in [2.05, 4.69) is 68.0 Å². The highest BCUT2D eigenvalue weighted by Crippen LogP contribution is 2.33. The molecule has 0 unspecified atom stereocenters. The number of ether oxygens (including phenoxy) is 1. The minimum absolute atomic E-state index is 0.0134. The molecule has 0 bridgehead atoms. The number of benzene rings is 1. The highest BCUT2D eigenvalue weighted by Gasteiger charge is 2.31. The van der Waals surface area contributed by atoms with Crippen molar-refractivity contribution in [1.82, 2.24) is 10.6 Å². The predicted molar refractivity (Wildman–Crippen MR) is 110 cm³/mol. The molecule has 0 amide bonds. The first kappa shape index (κ1) is 20.1. The molecule has 0 spiro atoms. The third kappa shape index (κ3) is 5.93. The molecular formula is C20H33N3OS. The Labute approximate surface area is 157 Å². The first-order valence-corrected chi connectivity index (χ1v) is 10.4. The minimum atomic E-state index is 0.0134. The predicted octanol–water partition coefficient (Wildman–Crippen LogP) is 3.43. The summed E-state index contributed by atoms with van der Waals surface area (Å²) in [4.78, 5) is 4.87. The van der Waals surface area contributed by atoms with Crippen molar-refractivity contribution >= 4 is 17.7 Å². The molecule has 1 aromatic rings. The van der Waals surface area contributed by atoms with Gasteiger partial charge in [-0.2, -0.15) is 11.8 Å². The van der Waals surface area contributed by atoms with Crippen LogP contribution in [0.4, 0.5) is 0 Å². The molecule has 0 saturated carbocycles. The van der Waals surface area contributed by atoms with Crippen LogP contribution >= 0.6 is 11.8 Å². The monoisotopic (exact) mass is 363 g/mol. The van der Waals surface area contributed by atoms with Gasteiger partial charge < -0.3 is 15.4 Å². The van der Waals surface area contributed by atoms with Gasteiger partial charge in [0, 0.05) is 36.5 Å². The molecule has 5 heteroatoms. The van der Waals surface area contributed by atoms with E-state index in [0.29, 0.717) is 0 Å². The highest BCUT2D eigenvalue weighted by atomic mass is 32.2. The van der Waals surface area contributed by atoms with Crippen LogP contribution < -0.4 is 10.6 Å². The summed E-state index contributed by atoms with van der Waals surface area (Å²) in [5.41, 5.74) is 1.33. The Morgan fingerprint density at radius 3 is 2.48 bits per heavy atom. The van der Waals surface area contributed by atoms with Crippen LogP contribution in [0.2, 0.25) is 0 Å². The van der Waals surface area contributed by atoms with E-state index in [0.717, 1.165) is 51.6 Å². The SMILES string of the molecule is CCNC(=NCC(C)(C)c1ccccc1)NCC1(SC)CCOCC1. The molecule has 0 radical (unpaired) electrons. The van der Waals surface area contributed by atoms with Gasteiger partial charge in [-0.3, -0.25) is 4.99 Å². The largest absolute Gasteiger partial charge is 0.381 e. The Balaban J connectivity index is 2.00. The van der Waals surface area contributed by atoms with Gasteiger partial charge >= 0.3 is 0 Å². The van der Waals surface area contributed by atoms with Crippen LogP contribution in [0.25, 0.3) is 0 Å². The van der Waals surface area contributed by atoms with Crippen molar-refractivity contribution in [2.45, 2.75) is 43.8 Å². The summed E-state index contributed by atoms with van der Waals surface area (Å²) in [5.74, 6) is 0.909. The van der Waals surface area contributed by atoms with E-state index in [-0.39, 0.29) is 10.2 Å². The molecule has 4 nitrogen and oxygen atoms in total. The molecule has 1 aromatic carbocycles. The number of nitrogens with one attached hydrogen (secondary N) is 2. The van der Waals surface area contributed by atoms with E-state index >= 15 is 0 Å². The Hall–Kier alpha value is -1.20. The zero-order chi connectivity index (χ0) is 18.2. The van der Waals surface area contributed by atoms with Crippen LogP contribution in [0.1, 0.15) is 39.2 Å². The smallest absolute Gasteiger partial charge is 0.191 e. The summed E-state index contributed by atoms with van der Waals surface area (Å²) in [6.45, 7) is 10.9. The van der Waals surface area contributed by atoms with Gasteiger partial charge in [-0.25, -0.2) is 0 Å². The quantitative estimate of drug-likeness (QED) is 0.575. The van der Waals surface area contributed by atoms with Crippen molar-refractivity contribution in [1.29, 1.82) is 0 Å². The van der Waals surface area contributed by atoms with Gasteiger partial charge in [0.25, 0.3) is 0 Å². The summed E-state index contributed by atoms with van der Waals surface area (Å²) in [5, 5.41) is 6.95. The number of hydrogen-bond donors (Lipinski definition) is 2. The van der Waals surface area contributed by atoms with Crippen LogP contribution in [-0.4, -0.2) is 49.8 Å². The summed E-state index contributed by atoms with van der Waals surface area (Å²) in [6, 6.07) is 10.6. The maximum absolute atomic E-state index is 5.54. The van der Waals surface area contributed by atoms with Crippen LogP contribution in [0, 0.1) is 0 Å². The summed E-state index contributed by atoms with van der Waals surface area (Å²) in [6.07, 6.45) is 4.39. The maximum atomic E-state index is 5.54. The fraction of sp³-hybridized carbons (Fsp3) is 0.650. The van der Waals surface area contributed by atoms with Crippen molar-refractivity contribution in [3.05, 3.63) is 35.9 Å². The number of nitrogens with zero attached hydrogens (tertiary/aromatic N) is 1. The average molecular weight is 364 g/mol. The van der Waals surface area contributed by atoms with Gasteiger partial charge in [0.05, 0.1) is 6.54 Å². The van der Waals surface area contributed by atoms with Gasteiger partial charge in [-0.05, 0) is 31.6 Å². The van der Waals surface area contributed by atoms with Crippen molar-refractivity contribution in [3.8, 4) is 0 Å². The topological polar surface area (TPSA) is 45.7 Å². The Kier molecular flexibility index (Phi) is 7.63. The van der Waals surface area contributed by atoms with Crippen molar-refractivity contribution in [2.75, 3.05) is 39.1 Å². The standard InChI is InChI=1S/C20H33N3OS/c1-5-21-18(23-16-20(25-4)11-13-24-14-12-20)22-15-19(2,3)17-9-7-6-8-10-17/h6-10H,5,11-16H2,1-4H3,(H2,21,22,23). The zero-order valence-electron chi connectivity index (χ0n) is 16.1. The number of hydrogen-bond acceptors (Lipinski definition) is 3. The Morgan fingerprint density at radius 1 is 1.20 bits per heavy atom. The molecule has 2 N–H and O–H groups in total. The van der Waals surface area contributed by atoms with E-state index in [1.807, 2.05) is 11.8 Å². The fourth-order valence-corrected chi connectivity index (χ4v) is 3.83. The average Bonchev–Trinajstić information content (AvgIpc) is 2.65. The molecule has 2 rings (SSSR count). The number of guanidine groups is 1. The summed E-state index contributed by atoms with van der Waals surface area (Å²) in [7, 11) is 0. The lowest BCUT2D eigenvalue weighted by Crippen LogP contribution is -2.48.